The minimum atomic E-state index is -0.990. The lowest BCUT2D eigenvalue weighted by Crippen LogP contribution is -2.33. The number of aromatic nitrogens is 1. The minimum Gasteiger partial charge on any atom is -0.343 e. The zero-order valence-corrected chi connectivity index (χ0v) is 16.0. The first-order valence-corrected chi connectivity index (χ1v) is 9.27. The van der Waals surface area contributed by atoms with E-state index in [-0.39, 0.29) is 12.1 Å². The quantitative estimate of drug-likeness (QED) is 0.677. The molecule has 3 aromatic rings. The van der Waals surface area contributed by atoms with Gasteiger partial charge >= 0.3 is 0 Å². The Bertz CT molecular complexity index is 1050. The van der Waals surface area contributed by atoms with Gasteiger partial charge in [0.15, 0.2) is 5.13 Å². The predicted molar refractivity (Wildman–Crippen MR) is 104 cm³/mol. The molecule has 144 valence electrons. The third kappa shape index (κ3) is 4.58. The fourth-order valence-electron chi connectivity index (χ4n) is 2.65. The number of anilines is 1. The third-order valence-electron chi connectivity index (χ3n) is 3.99. The van der Waals surface area contributed by atoms with Crippen LogP contribution in [0.1, 0.15) is 21.5 Å². The normalized spacial score (nSPS) is 10.6. The number of hydrogen-bond donors (Lipinski definition) is 2. The first-order valence-electron chi connectivity index (χ1n) is 8.40. The van der Waals surface area contributed by atoms with E-state index in [9.17, 15) is 18.4 Å². The van der Waals surface area contributed by atoms with Crippen molar-refractivity contribution in [2.45, 2.75) is 13.8 Å². The molecule has 2 N–H and O–H groups in total. The van der Waals surface area contributed by atoms with E-state index in [1.807, 2.05) is 31.4 Å². The van der Waals surface area contributed by atoms with Crippen molar-refractivity contribution >= 4 is 28.3 Å². The average molecular weight is 401 g/mol. The monoisotopic (exact) mass is 401 g/mol. The number of thiazole rings is 1. The van der Waals surface area contributed by atoms with Gasteiger partial charge in [-0.25, -0.2) is 13.8 Å². The molecule has 28 heavy (non-hydrogen) atoms. The number of carbonyl (C=O) groups is 2. The van der Waals surface area contributed by atoms with Crippen LogP contribution in [-0.2, 0) is 4.79 Å². The number of aryl methyl sites for hydroxylation is 2. The second-order valence-electron chi connectivity index (χ2n) is 6.21. The van der Waals surface area contributed by atoms with Crippen molar-refractivity contribution in [3.63, 3.8) is 0 Å². The highest BCUT2D eigenvalue weighted by Crippen LogP contribution is 2.27. The zero-order chi connectivity index (χ0) is 20.3. The molecule has 0 fully saturated rings. The number of carbonyl (C=O) groups excluding carboxylic acids is 2. The second kappa shape index (κ2) is 8.26. The molecule has 0 atom stereocenters. The minimum absolute atomic E-state index is 0.333. The second-order valence-corrected chi connectivity index (χ2v) is 7.07. The van der Waals surface area contributed by atoms with E-state index in [0.717, 1.165) is 34.5 Å². The summed E-state index contributed by atoms with van der Waals surface area (Å²) in [6.07, 6.45) is 0. The molecule has 3 rings (SSSR count). The molecular weight excluding hydrogens is 384 g/mol. The largest absolute Gasteiger partial charge is 0.343 e. The molecule has 8 heteroatoms. The Labute approximate surface area is 164 Å². The zero-order valence-electron chi connectivity index (χ0n) is 15.2. The van der Waals surface area contributed by atoms with Crippen LogP contribution < -0.4 is 10.6 Å². The van der Waals surface area contributed by atoms with E-state index >= 15 is 0 Å². The van der Waals surface area contributed by atoms with Crippen LogP contribution in [0.4, 0.5) is 13.9 Å². The van der Waals surface area contributed by atoms with E-state index in [2.05, 4.69) is 21.7 Å². The van der Waals surface area contributed by atoms with Gasteiger partial charge in [-0.05, 0) is 31.5 Å². The van der Waals surface area contributed by atoms with Crippen LogP contribution in [0.3, 0.4) is 0 Å². The molecule has 0 spiro atoms. The van der Waals surface area contributed by atoms with Gasteiger partial charge in [0.25, 0.3) is 5.91 Å². The summed E-state index contributed by atoms with van der Waals surface area (Å²) in [6, 6.07) is 8.63. The van der Waals surface area contributed by atoms with Crippen molar-refractivity contribution in [2.75, 3.05) is 11.9 Å². The van der Waals surface area contributed by atoms with Crippen LogP contribution in [0.2, 0.25) is 0 Å². The predicted octanol–water partition coefficient (Wildman–Crippen LogP) is 4.07. The smallest absolute Gasteiger partial charge is 0.254 e. The lowest BCUT2D eigenvalue weighted by Gasteiger charge is -2.06. The molecule has 1 aromatic heterocycles. The molecule has 0 saturated carbocycles. The summed E-state index contributed by atoms with van der Waals surface area (Å²) in [4.78, 5) is 28.3. The topological polar surface area (TPSA) is 71.1 Å². The number of benzene rings is 2. The van der Waals surface area contributed by atoms with Crippen molar-refractivity contribution in [3.05, 3.63) is 70.1 Å². The SMILES string of the molecule is Cc1ccc(-c2csc(NC(=O)CNC(=O)c3ccc(F)cc3F)n2)c(C)c1. The van der Waals surface area contributed by atoms with E-state index in [4.69, 9.17) is 0 Å². The highest BCUT2D eigenvalue weighted by Gasteiger charge is 2.14. The lowest BCUT2D eigenvalue weighted by molar-refractivity contribution is -0.115. The van der Waals surface area contributed by atoms with Crippen LogP contribution in [-0.4, -0.2) is 23.3 Å². The van der Waals surface area contributed by atoms with Gasteiger partial charge in [0.2, 0.25) is 5.91 Å². The van der Waals surface area contributed by atoms with Crippen LogP contribution >= 0.6 is 11.3 Å². The average Bonchev–Trinajstić information content (AvgIpc) is 3.07. The molecule has 0 aliphatic carbocycles. The van der Waals surface area contributed by atoms with Gasteiger partial charge in [-0.1, -0.05) is 23.8 Å². The maximum atomic E-state index is 13.6. The van der Waals surface area contributed by atoms with Crippen molar-refractivity contribution < 1.29 is 18.4 Å². The van der Waals surface area contributed by atoms with Crippen LogP contribution in [0.25, 0.3) is 11.3 Å². The van der Waals surface area contributed by atoms with Crippen molar-refractivity contribution in [3.8, 4) is 11.3 Å². The lowest BCUT2D eigenvalue weighted by atomic mass is 10.0. The van der Waals surface area contributed by atoms with Crippen molar-refractivity contribution in [2.24, 2.45) is 0 Å². The number of hydrogen-bond acceptors (Lipinski definition) is 4. The third-order valence-corrected chi connectivity index (χ3v) is 4.75. The number of nitrogens with one attached hydrogen (secondary N) is 2. The number of amides is 2. The summed E-state index contributed by atoms with van der Waals surface area (Å²) in [7, 11) is 0. The van der Waals surface area contributed by atoms with Crippen molar-refractivity contribution in [1.29, 1.82) is 0 Å². The Morgan fingerprint density at radius 3 is 2.61 bits per heavy atom. The van der Waals surface area contributed by atoms with E-state index in [0.29, 0.717) is 11.2 Å². The Hall–Kier alpha value is -3.13. The number of halogens is 2. The van der Waals surface area contributed by atoms with Gasteiger partial charge in [0.1, 0.15) is 11.6 Å². The van der Waals surface area contributed by atoms with Gasteiger partial charge in [-0.2, -0.15) is 0 Å². The summed E-state index contributed by atoms with van der Waals surface area (Å²) >= 11 is 1.26. The van der Waals surface area contributed by atoms with E-state index in [1.54, 1.807) is 0 Å². The number of nitrogens with zero attached hydrogens (tertiary/aromatic N) is 1. The molecule has 0 radical (unpaired) electrons. The summed E-state index contributed by atoms with van der Waals surface area (Å²) in [6.45, 7) is 3.63. The maximum Gasteiger partial charge on any atom is 0.254 e. The van der Waals surface area contributed by atoms with Gasteiger partial charge < -0.3 is 10.6 Å². The first-order chi connectivity index (χ1) is 13.3. The molecule has 0 saturated heterocycles. The summed E-state index contributed by atoms with van der Waals surface area (Å²) in [5.74, 6) is -3.08. The molecular formula is C20H17F2N3O2S. The molecule has 5 nitrogen and oxygen atoms in total. The molecule has 1 heterocycles. The van der Waals surface area contributed by atoms with Crippen LogP contribution in [0.15, 0.2) is 41.8 Å². The summed E-state index contributed by atoms with van der Waals surface area (Å²) < 4.78 is 26.5. The fraction of sp³-hybridized carbons (Fsp3) is 0.150. The Morgan fingerprint density at radius 1 is 1.11 bits per heavy atom. The molecule has 2 amide bonds. The van der Waals surface area contributed by atoms with Gasteiger partial charge in [0, 0.05) is 17.0 Å². The fourth-order valence-corrected chi connectivity index (χ4v) is 3.38. The summed E-state index contributed by atoms with van der Waals surface area (Å²) in [5.41, 5.74) is 3.62. The highest BCUT2D eigenvalue weighted by atomic mass is 32.1. The molecule has 0 bridgehead atoms. The standard InChI is InChI=1S/C20H17F2N3O2S/c1-11-3-5-14(12(2)7-11)17-10-28-20(24-17)25-18(26)9-23-19(27)15-6-4-13(21)8-16(15)22/h3-8,10H,9H2,1-2H3,(H,23,27)(H,24,25,26). The first kappa shape index (κ1) is 19.6. The Balaban J connectivity index is 1.59. The van der Waals surface area contributed by atoms with Gasteiger partial charge in [0.05, 0.1) is 17.8 Å². The molecule has 0 aliphatic heterocycles. The van der Waals surface area contributed by atoms with Crippen molar-refractivity contribution in [1.82, 2.24) is 10.3 Å². The van der Waals surface area contributed by atoms with Gasteiger partial charge in [-0.15, -0.1) is 11.3 Å². The Kier molecular flexibility index (Phi) is 5.79. The van der Waals surface area contributed by atoms with Gasteiger partial charge in [-0.3, -0.25) is 9.59 Å². The Morgan fingerprint density at radius 2 is 1.89 bits per heavy atom. The van der Waals surface area contributed by atoms with E-state index < -0.39 is 23.4 Å². The van der Waals surface area contributed by atoms with Crippen LogP contribution in [0, 0.1) is 25.5 Å². The maximum absolute atomic E-state index is 13.6. The van der Waals surface area contributed by atoms with E-state index in [1.165, 1.54) is 11.3 Å². The molecule has 0 unspecified atom stereocenters. The highest BCUT2D eigenvalue weighted by molar-refractivity contribution is 7.14. The number of rotatable bonds is 5. The van der Waals surface area contributed by atoms with Crippen LogP contribution in [0.5, 0.6) is 0 Å². The summed E-state index contributed by atoms with van der Waals surface area (Å²) in [5, 5.41) is 7.11. The molecule has 2 aromatic carbocycles. The molecule has 0 aliphatic rings.